The van der Waals surface area contributed by atoms with Crippen molar-refractivity contribution >= 4 is 5.57 Å². The highest BCUT2D eigenvalue weighted by atomic mass is 15.0. The Balaban J connectivity index is 1.57. The van der Waals surface area contributed by atoms with E-state index in [-0.39, 0.29) is 0 Å². The fraction of sp³-hybridized carbons (Fsp3) is 0.273. The van der Waals surface area contributed by atoms with Crippen LogP contribution in [0.1, 0.15) is 29.5 Å². The van der Waals surface area contributed by atoms with Crippen LogP contribution in [-0.4, -0.2) is 25.5 Å². The van der Waals surface area contributed by atoms with Gasteiger partial charge < -0.3 is 4.90 Å². The zero-order valence-corrected chi connectivity index (χ0v) is 14.0. The van der Waals surface area contributed by atoms with Crippen molar-refractivity contribution in [2.45, 2.75) is 19.3 Å². The maximum Gasteiger partial charge on any atom is 0.00156 e. The van der Waals surface area contributed by atoms with Crippen molar-refractivity contribution in [1.29, 1.82) is 0 Å². The summed E-state index contributed by atoms with van der Waals surface area (Å²) in [4.78, 5) is 2.25. The Hall–Kier alpha value is -2.12. The lowest BCUT2D eigenvalue weighted by molar-refractivity contribution is 0.414. The molecule has 0 spiro atoms. The van der Waals surface area contributed by atoms with Crippen LogP contribution >= 0.6 is 0 Å². The zero-order valence-electron chi connectivity index (χ0n) is 14.0. The Bertz CT molecular complexity index is 808. The standard InChI is InChI=1S/C22H23N/c1-23(2)12-11-16-7-8-17(13-16)18-9-10-22-20(14-18)15-19-5-3-4-6-21(19)22/h3-7,9-10,13-14H,8,11-12,15H2,1-2H3. The summed E-state index contributed by atoms with van der Waals surface area (Å²) in [7, 11) is 4.27. The summed E-state index contributed by atoms with van der Waals surface area (Å²) in [5.41, 5.74) is 10.1. The van der Waals surface area contributed by atoms with Crippen LogP contribution in [0.15, 0.2) is 60.2 Å². The van der Waals surface area contributed by atoms with Crippen molar-refractivity contribution in [3.8, 4) is 11.1 Å². The van der Waals surface area contributed by atoms with E-state index in [0.29, 0.717) is 0 Å². The van der Waals surface area contributed by atoms with E-state index in [4.69, 9.17) is 0 Å². The minimum absolute atomic E-state index is 1.08. The Morgan fingerprint density at radius 2 is 1.78 bits per heavy atom. The number of fused-ring (bicyclic) bond motifs is 3. The van der Waals surface area contributed by atoms with Gasteiger partial charge in [0.25, 0.3) is 0 Å². The summed E-state index contributed by atoms with van der Waals surface area (Å²) in [6.45, 7) is 1.12. The number of nitrogens with zero attached hydrogens (tertiary/aromatic N) is 1. The number of hydrogen-bond acceptors (Lipinski definition) is 1. The second-order valence-electron chi connectivity index (χ2n) is 6.91. The van der Waals surface area contributed by atoms with Crippen molar-refractivity contribution in [2.24, 2.45) is 0 Å². The van der Waals surface area contributed by atoms with Crippen molar-refractivity contribution in [2.75, 3.05) is 20.6 Å². The molecule has 0 saturated heterocycles. The molecule has 0 N–H and O–H groups in total. The van der Waals surface area contributed by atoms with E-state index in [1.807, 2.05) is 0 Å². The minimum Gasteiger partial charge on any atom is -0.309 e. The third-order valence-electron chi connectivity index (χ3n) is 4.96. The molecule has 0 fully saturated rings. The molecule has 0 amide bonds. The molecule has 0 atom stereocenters. The average Bonchev–Trinajstić information content (AvgIpc) is 3.16. The van der Waals surface area contributed by atoms with Gasteiger partial charge in [-0.1, -0.05) is 60.2 Å². The van der Waals surface area contributed by atoms with E-state index in [1.54, 1.807) is 0 Å². The van der Waals surface area contributed by atoms with Crippen molar-refractivity contribution in [1.82, 2.24) is 4.90 Å². The normalized spacial score (nSPS) is 15.4. The first-order valence-electron chi connectivity index (χ1n) is 8.46. The van der Waals surface area contributed by atoms with Gasteiger partial charge in [-0.05, 0) is 66.7 Å². The van der Waals surface area contributed by atoms with Gasteiger partial charge in [-0.2, -0.15) is 0 Å². The highest BCUT2D eigenvalue weighted by Crippen LogP contribution is 2.39. The predicted molar refractivity (Wildman–Crippen MR) is 98.5 cm³/mol. The molecule has 2 aliphatic carbocycles. The van der Waals surface area contributed by atoms with Gasteiger partial charge in [0.2, 0.25) is 0 Å². The van der Waals surface area contributed by atoms with Crippen LogP contribution in [0.3, 0.4) is 0 Å². The third kappa shape index (κ3) is 2.77. The van der Waals surface area contributed by atoms with Crippen LogP contribution in [0.2, 0.25) is 0 Å². The topological polar surface area (TPSA) is 3.24 Å². The Morgan fingerprint density at radius 3 is 2.65 bits per heavy atom. The molecule has 2 aliphatic rings. The van der Waals surface area contributed by atoms with E-state index in [9.17, 15) is 0 Å². The zero-order chi connectivity index (χ0) is 15.8. The van der Waals surface area contributed by atoms with Crippen molar-refractivity contribution in [3.05, 3.63) is 76.9 Å². The Kier molecular flexibility index (Phi) is 3.66. The molecule has 2 aromatic rings. The van der Waals surface area contributed by atoms with Gasteiger partial charge in [0.15, 0.2) is 0 Å². The maximum atomic E-state index is 2.41. The predicted octanol–water partition coefficient (Wildman–Crippen LogP) is 4.92. The summed E-state index contributed by atoms with van der Waals surface area (Å²) in [6, 6.07) is 15.8. The van der Waals surface area contributed by atoms with E-state index in [1.165, 1.54) is 39.0 Å². The minimum atomic E-state index is 1.08. The van der Waals surface area contributed by atoms with Crippen LogP contribution in [0.4, 0.5) is 0 Å². The number of rotatable bonds is 4. The number of allylic oxidation sites excluding steroid dienone is 3. The lowest BCUT2D eigenvalue weighted by Crippen LogP contribution is -2.12. The van der Waals surface area contributed by atoms with Gasteiger partial charge >= 0.3 is 0 Å². The third-order valence-corrected chi connectivity index (χ3v) is 4.96. The second kappa shape index (κ2) is 5.82. The highest BCUT2D eigenvalue weighted by molar-refractivity contribution is 5.81. The van der Waals surface area contributed by atoms with Crippen molar-refractivity contribution < 1.29 is 0 Å². The molecular formula is C22H23N. The van der Waals surface area contributed by atoms with E-state index < -0.39 is 0 Å². The number of hydrogen-bond donors (Lipinski definition) is 0. The van der Waals surface area contributed by atoms with Gasteiger partial charge in [-0.15, -0.1) is 0 Å². The molecule has 4 rings (SSSR count). The van der Waals surface area contributed by atoms with Gasteiger partial charge in [0, 0.05) is 6.54 Å². The first-order chi connectivity index (χ1) is 11.2. The SMILES string of the molecule is CN(C)CCC1=CCC(c2ccc3c(c2)Cc2ccccc2-3)=C1. The summed E-state index contributed by atoms with van der Waals surface area (Å²) in [5.74, 6) is 0. The van der Waals surface area contributed by atoms with Crippen LogP contribution in [0, 0.1) is 0 Å². The largest absolute Gasteiger partial charge is 0.309 e. The molecule has 0 unspecified atom stereocenters. The molecule has 116 valence electrons. The monoisotopic (exact) mass is 301 g/mol. The maximum absolute atomic E-state index is 2.41. The quantitative estimate of drug-likeness (QED) is 0.661. The lowest BCUT2D eigenvalue weighted by atomic mass is 9.98. The Morgan fingerprint density at radius 1 is 0.957 bits per heavy atom. The summed E-state index contributed by atoms with van der Waals surface area (Å²) >= 11 is 0. The molecule has 2 aromatic carbocycles. The van der Waals surface area contributed by atoms with Crippen LogP contribution in [-0.2, 0) is 6.42 Å². The number of benzene rings is 2. The second-order valence-corrected chi connectivity index (χ2v) is 6.91. The van der Waals surface area contributed by atoms with Crippen LogP contribution in [0.25, 0.3) is 16.7 Å². The molecule has 0 heterocycles. The lowest BCUT2D eigenvalue weighted by Gasteiger charge is -2.08. The molecule has 1 nitrogen and oxygen atoms in total. The van der Waals surface area contributed by atoms with E-state index in [0.717, 1.165) is 25.8 Å². The van der Waals surface area contributed by atoms with Gasteiger partial charge in [-0.25, -0.2) is 0 Å². The van der Waals surface area contributed by atoms with E-state index in [2.05, 4.69) is 73.6 Å². The van der Waals surface area contributed by atoms with Crippen molar-refractivity contribution in [3.63, 3.8) is 0 Å². The summed E-state index contributed by atoms with van der Waals surface area (Å²) in [6.07, 6.45) is 8.09. The molecule has 0 saturated carbocycles. The fourth-order valence-electron chi connectivity index (χ4n) is 3.66. The fourth-order valence-corrected chi connectivity index (χ4v) is 3.66. The van der Waals surface area contributed by atoms with Crippen LogP contribution in [0.5, 0.6) is 0 Å². The molecule has 23 heavy (non-hydrogen) atoms. The molecule has 1 heteroatoms. The smallest absolute Gasteiger partial charge is 0.00156 e. The first-order valence-corrected chi connectivity index (χ1v) is 8.46. The molecule has 0 radical (unpaired) electrons. The molecular weight excluding hydrogens is 278 g/mol. The van der Waals surface area contributed by atoms with Gasteiger partial charge in [0.05, 0.1) is 0 Å². The molecule has 0 aromatic heterocycles. The molecule has 0 aliphatic heterocycles. The average molecular weight is 301 g/mol. The first kappa shape index (κ1) is 14.5. The van der Waals surface area contributed by atoms with Crippen LogP contribution < -0.4 is 0 Å². The summed E-state index contributed by atoms with van der Waals surface area (Å²) < 4.78 is 0. The van der Waals surface area contributed by atoms with E-state index >= 15 is 0 Å². The Labute approximate surface area is 139 Å². The summed E-state index contributed by atoms with van der Waals surface area (Å²) in [5, 5.41) is 0. The molecule has 0 bridgehead atoms. The highest BCUT2D eigenvalue weighted by Gasteiger charge is 2.19. The van der Waals surface area contributed by atoms with Gasteiger partial charge in [-0.3, -0.25) is 0 Å². The van der Waals surface area contributed by atoms with Gasteiger partial charge in [0.1, 0.15) is 0 Å².